The Bertz CT molecular complexity index is 923. The minimum absolute atomic E-state index is 0.0100. The van der Waals surface area contributed by atoms with Crippen LogP contribution in [0.1, 0.15) is 10.8 Å². The minimum Gasteiger partial charge on any atom is -0.325 e. The maximum Gasteiger partial charge on any atom is 0.289 e. The van der Waals surface area contributed by atoms with Crippen molar-refractivity contribution in [1.82, 2.24) is 10.2 Å². The van der Waals surface area contributed by atoms with Gasteiger partial charge in [0.2, 0.25) is 5.91 Å². The highest BCUT2D eigenvalue weighted by molar-refractivity contribution is 8.01. The fraction of sp³-hybridized carbons (Fsp3) is 0.0625. The van der Waals surface area contributed by atoms with E-state index in [4.69, 9.17) is 11.6 Å². The maximum atomic E-state index is 12.8. The van der Waals surface area contributed by atoms with Crippen molar-refractivity contribution in [1.29, 1.82) is 0 Å². The van der Waals surface area contributed by atoms with Crippen LogP contribution in [0.3, 0.4) is 0 Å². The fourth-order valence-electron chi connectivity index (χ4n) is 2.15. The second-order valence-corrected chi connectivity index (χ2v) is 7.62. The van der Waals surface area contributed by atoms with E-state index in [-0.39, 0.29) is 16.6 Å². The number of halogens is 1. The summed E-state index contributed by atoms with van der Waals surface area (Å²) in [6.45, 7) is 0. The topological polar surface area (TPSA) is 98.0 Å². The molecule has 0 bridgehead atoms. The Morgan fingerprint density at radius 2 is 2.04 bits per heavy atom. The second kappa shape index (κ2) is 8.26. The molecule has 10 heteroatoms. The number of carbonyl (C=O) groups is 1. The largest absolute Gasteiger partial charge is 0.325 e. The maximum absolute atomic E-state index is 12.8. The first-order valence-electron chi connectivity index (χ1n) is 7.27. The first-order valence-corrected chi connectivity index (χ1v) is 9.41. The average molecular weight is 407 g/mol. The Hall–Kier alpha value is -2.49. The van der Waals surface area contributed by atoms with Gasteiger partial charge in [-0.15, -0.1) is 10.2 Å². The van der Waals surface area contributed by atoms with Crippen LogP contribution in [-0.2, 0) is 4.79 Å². The van der Waals surface area contributed by atoms with Crippen LogP contribution in [0.4, 0.5) is 11.4 Å². The molecule has 0 fully saturated rings. The molecule has 132 valence electrons. The van der Waals surface area contributed by atoms with Crippen LogP contribution in [0.25, 0.3) is 0 Å². The Labute approximate surface area is 161 Å². The lowest BCUT2D eigenvalue weighted by atomic mass is 10.1. The lowest BCUT2D eigenvalue weighted by Gasteiger charge is -2.15. The molecule has 0 unspecified atom stereocenters. The molecule has 1 N–H and O–H groups in total. The molecule has 0 saturated carbocycles. The molecule has 0 spiro atoms. The zero-order chi connectivity index (χ0) is 18.5. The van der Waals surface area contributed by atoms with Gasteiger partial charge in [-0.1, -0.05) is 65.0 Å². The predicted octanol–water partition coefficient (Wildman–Crippen LogP) is 4.57. The second-order valence-electron chi connectivity index (χ2n) is 5.03. The molecule has 1 amide bonds. The smallest absolute Gasteiger partial charge is 0.289 e. The van der Waals surface area contributed by atoms with Crippen molar-refractivity contribution in [3.05, 3.63) is 74.7 Å². The van der Waals surface area contributed by atoms with Gasteiger partial charge in [-0.3, -0.25) is 14.9 Å². The van der Waals surface area contributed by atoms with Gasteiger partial charge in [0.1, 0.15) is 15.8 Å². The van der Waals surface area contributed by atoms with Crippen molar-refractivity contribution >= 4 is 52.0 Å². The summed E-state index contributed by atoms with van der Waals surface area (Å²) in [6, 6.07) is 13.3. The number of benzene rings is 2. The van der Waals surface area contributed by atoms with Crippen LogP contribution in [0.2, 0.25) is 5.02 Å². The molecule has 1 atom stereocenters. The molecular weight excluding hydrogens is 396 g/mol. The SMILES string of the molecule is O=C(Nc1ccc(Cl)c([N+](=O)[O-])c1)[C@H](Sc1nncs1)c1ccccc1. The number of hydrogen-bond donors (Lipinski definition) is 1. The molecule has 3 aromatic rings. The molecule has 0 saturated heterocycles. The highest BCUT2D eigenvalue weighted by atomic mass is 35.5. The van der Waals surface area contributed by atoms with E-state index in [9.17, 15) is 14.9 Å². The van der Waals surface area contributed by atoms with Crippen molar-refractivity contribution in [3.63, 3.8) is 0 Å². The highest BCUT2D eigenvalue weighted by Crippen LogP contribution is 2.37. The van der Waals surface area contributed by atoms with Crippen LogP contribution in [0.15, 0.2) is 58.4 Å². The van der Waals surface area contributed by atoms with E-state index in [1.807, 2.05) is 30.3 Å². The average Bonchev–Trinajstić information content (AvgIpc) is 3.15. The van der Waals surface area contributed by atoms with Gasteiger partial charge < -0.3 is 5.32 Å². The predicted molar refractivity (Wildman–Crippen MR) is 102 cm³/mol. The fourth-order valence-corrected chi connectivity index (χ4v) is 4.01. The number of nitro groups is 1. The van der Waals surface area contributed by atoms with E-state index in [0.717, 1.165) is 5.56 Å². The Balaban J connectivity index is 1.86. The Morgan fingerprint density at radius 1 is 1.27 bits per heavy atom. The molecule has 1 aromatic heterocycles. The van der Waals surface area contributed by atoms with Gasteiger partial charge in [0.15, 0.2) is 4.34 Å². The zero-order valence-electron chi connectivity index (χ0n) is 13.0. The number of rotatable bonds is 6. The summed E-state index contributed by atoms with van der Waals surface area (Å²) in [6.07, 6.45) is 0. The molecule has 7 nitrogen and oxygen atoms in total. The molecule has 0 aliphatic heterocycles. The molecule has 3 rings (SSSR count). The van der Waals surface area contributed by atoms with E-state index >= 15 is 0 Å². The summed E-state index contributed by atoms with van der Waals surface area (Å²) in [4.78, 5) is 23.2. The first kappa shape index (κ1) is 18.3. The standard InChI is InChI=1S/C16H11ClN4O3S2/c17-12-7-6-11(8-13(12)21(23)24)19-15(22)14(10-4-2-1-3-5-10)26-16-20-18-9-25-16/h1-9,14H,(H,19,22)/t14-/m1/s1. The first-order chi connectivity index (χ1) is 12.5. The number of amides is 1. The van der Waals surface area contributed by atoms with E-state index in [2.05, 4.69) is 15.5 Å². The van der Waals surface area contributed by atoms with E-state index < -0.39 is 10.2 Å². The summed E-state index contributed by atoms with van der Waals surface area (Å²) in [7, 11) is 0. The van der Waals surface area contributed by atoms with Gasteiger partial charge in [0.05, 0.1) is 4.92 Å². The van der Waals surface area contributed by atoms with Gasteiger partial charge in [-0.05, 0) is 17.7 Å². The van der Waals surface area contributed by atoms with E-state index in [1.54, 1.807) is 5.51 Å². The van der Waals surface area contributed by atoms with Gasteiger partial charge in [0.25, 0.3) is 5.69 Å². The Kier molecular flexibility index (Phi) is 5.82. The Morgan fingerprint density at radius 3 is 2.69 bits per heavy atom. The van der Waals surface area contributed by atoms with Crippen molar-refractivity contribution in [3.8, 4) is 0 Å². The van der Waals surface area contributed by atoms with Crippen LogP contribution in [0.5, 0.6) is 0 Å². The van der Waals surface area contributed by atoms with E-state index in [1.165, 1.54) is 41.3 Å². The summed E-state index contributed by atoms with van der Waals surface area (Å²) in [5.74, 6) is -0.326. The zero-order valence-corrected chi connectivity index (χ0v) is 15.4. The molecule has 0 aliphatic rings. The summed E-state index contributed by atoms with van der Waals surface area (Å²) < 4.78 is 0.649. The van der Waals surface area contributed by atoms with Crippen molar-refractivity contribution in [2.45, 2.75) is 9.59 Å². The van der Waals surface area contributed by atoms with Crippen LogP contribution >= 0.6 is 34.7 Å². The number of nitro benzene ring substituents is 1. The molecule has 1 heterocycles. The summed E-state index contributed by atoms with van der Waals surface area (Å²) in [5, 5.41) is 20.9. The quantitative estimate of drug-likeness (QED) is 0.365. The third-order valence-electron chi connectivity index (χ3n) is 3.31. The van der Waals surface area contributed by atoms with E-state index in [0.29, 0.717) is 10.0 Å². The molecule has 0 aliphatic carbocycles. The molecule has 2 aromatic carbocycles. The summed E-state index contributed by atoms with van der Waals surface area (Å²) >= 11 is 8.40. The number of anilines is 1. The number of nitrogens with zero attached hydrogens (tertiary/aromatic N) is 3. The highest BCUT2D eigenvalue weighted by Gasteiger charge is 2.24. The number of nitrogens with one attached hydrogen (secondary N) is 1. The third-order valence-corrected chi connectivity index (χ3v) is 5.69. The monoisotopic (exact) mass is 406 g/mol. The van der Waals surface area contributed by atoms with Crippen molar-refractivity contribution in [2.24, 2.45) is 0 Å². The number of aromatic nitrogens is 2. The van der Waals surface area contributed by atoms with Gasteiger partial charge in [-0.2, -0.15) is 0 Å². The molecular formula is C16H11ClN4O3S2. The molecule has 0 radical (unpaired) electrons. The third kappa shape index (κ3) is 4.37. The lowest BCUT2D eigenvalue weighted by molar-refractivity contribution is -0.384. The van der Waals surface area contributed by atoms with Gasteiger partial charge in [-0.25, -0.2) is 0 Å². The van der Waals surface area contributed by atoms with Crippen LogP contribution < -0.4 is 5.32 Å². The number of hydrogen-bond acceptors (Lipinski definition) is 7. The normalized spacial score (nSPS) is 11.7. The number of carbonyl (C=O) groups excluding carboxylic acids is 1. The van der Waals surface area contributed by atoms with Gasteiger partial charge in [0, 0.05) is 11.8 Å². The minimum atomic E-state index is -0.595. The van der Waals surface area contributed by atoms with Crippen molar-refractivity contribution < 1.29 is 9.72 Å². The summed E-state index contributed by atoms with van der Waals surface area (Å²) in [5.41, 5.74) is 2.40. The van der Waals surface area contributed by atoms with Crippen LogP contribution in [0, 0.1) is 10.1 Å². The van der Waals surface area contributed by atoms with Crippen molar-refractivity contribution in [2.75, 3.05) is 5.32 Å². The van der Waals surface area contributed by atoms with Crippen LogP contribution in [-0.4, -0.2) is 21.0 Å². The number of thioether (sulfide) groups is 1. The lowest BCUT2D eigenvalue weighted by Crippen LogP contribution is -2.19. The van der Waals surface area contributed by atoms with Gasteiger partial charge >= 0.3 is 0 Å². The molecule has 26 heavy (non-hydrogen) atoms.